The number of hydrogen-bond acceptors (Lipinski definition) is 6. The number of nitrogens with one attached hydrogen (secondary N) is 1. The number of carbonyl (C=O) groups is 2. The van der Waals surface area contributed by atoms with E-state index in [-0.39, 0.29) is 17.2 Å². The van der Waals surface area contributed by atoms with Gasteiger partial charge in [-0.3, -0.25) is 25.1 Å². The van der Waals surface area contributed by atoms with Crippen molar-refractivity contribution >= 4 is 17.9 Å². The average molecular weight is 432 g/mol. The number of fused-ring (bicyclic) bond motifs is 1. The highest BCUT2D eigenvalue weighted by atomic mass is 16.6. The van der Waals surface area contributed by atoms with Gasteiger partial charge in [-0.05, 0) is 56.6 Å². The molecule has 1 aromatic carbocycles. The number of nitro benzene ring substituents is 1. The molecule has 1 aliphatic carbocycles. The third-order valence-corrected chi connectivity index (χ3v) is 6.40. The van der Waals surface area contributed by atoms with Crippen molar-refractivity contribution in [1.29, 1.82) is 0 Å². The monoisotopic (exact) mass is 431 g/mol. The highest BCUT2D eigenvalue weighted by Crippen LogP contribution is 2.34. The van der Waals surface area contributed by atoms with Crippen LogP contribution >= 0.6 is 0 Å². The van der Waals surface area contributed by atoms with Crippen molar-refractivity contribution in [3.05, 3.63) is 33.9 Å². The number of unbranched alkanes of at least 4 members (excludes halogenated alkanes) is 3. The standard InChI is InChI=1S/C23H33N3O5/c27-17-19-12-13-20(16-22(19)26(29)30)31-15-6-2-1-3-11-23(28)24-25-14-7-9-18-8-4-5-10-21(18)25/h12-13,16-18,21H,1-11,14-15H2,(H,24,28). The van der Waals surface area contributed by atoms with E-state index in [2.05, 4.69) is 10.4 Å². The Hall–Kier alpha value is -2.48. The molecule has 0 aromatic heterocycles. The lowest BCUT2D eigenvalue weighted by Gasteiger charge is -2.43. The Morgan fingerprint density at radius 1 is 1.16 bits per heavy atom. The lowest BCUT2D eigenvalue weighted by Crippen LogP contribution is -2.55. The number of benzene rings is 1. The Morgan fingerprint density at radius 3 is 2.74 bits per heavy atom. The fourth-order valence-corrected chi connectivity index (χ4v) is 4.78. The third kappa shape index (κ3) is 6.75. The fourth-order valence-electron chi connectivity index (χ4n) is 4.78. The summed E-state index contributed by atoms with van der Waals surface area (Å²) in [5.41, 5.74) is 2.95. The molecule has 1 saturated heterocycles. The number of ether oxygens (including phenoxy) is 1. The van der Waals surface area contributed by atoms with Crippen LogP contribution in [0.3, 0.4) is 0 Å². The van der Waals surface area contributed by atoms with Crippen LogP contribution in [0.15, 0.2) is 18.2 Å². The van der Waals surface area contributed by atoms with Gasteiger partial charge in [0, 0.05) is 19.0 Å². The summed E-state index contributed by atoms with van der Waals surface area (Å²) < 4.78 is 5.57. The third-order valence-electron chi connectivity index (χ3n) is 6.40. The zero-order valence-corrected chi connectivity index (χ0v) is 18.1. The molecule has 0 bridgehead atoms. The predicted octanol–water partition coefficient (Wildman–Crippen LogP) is 4.42. The molecule has 2 aliphatic rings. The largest absolute Gasteiger partial charge is 0.493 e. The maximum absolute atomic E-state index is 12.3. The lowest BCUT2D eigenvalue weighted by molar-refractivity contribution is -0.385. The first-order valence-electron chi connectivity index (χ1n) is 11.5. The number of nitrogens with zero attached hydrogens (tertiary/aromatic N) is 2. The van der Waals surface area contributed by atoms with Gasteiger partial charge in [0.15, 0.2) is 6.29 Å². The van der Waals surface area contributed by atoms with E-state index < -0.39 is 4.92 Å². The molecule has 170 valence electrons. The van der Waals surface area contributed by atoms with Crippen molar-refractivity contribution in [2.45, 2.75) is 76.7 Å². The summed E-state index contributed by atoms with van der Waals surface area (Å²) in [4.78, 5) is 33.6. The Balaban J connectivity index is 1.28. The van der Waals surface area contributed by atoms with E-state index in [4.69, 9.17) is 4.74 Å². The fraction of sp³-hybridized carbons (Fsp3) is 0.652. The van der Waals surface area contributed by atoms with Gasteiger partial charge in [-0.15, -0.1) is 0 Å². The van der Waals surface area contributed by atoms with Crippen LogP contribution in [0.5, 0.6) is 5.75 Å². The van der Waals surface area contributed by atoms with Gasteiger partial charge < -0.3 is 4.74 Å². The minimum absolute atomic E-state index is 0.0409. The molecule has 1 aromatic rings. The van der Waals surface area contributed by atoms with Crippen molar-refractivity contribution < 1.29 is 19.2 Å². The van der Waals surface area contributed by atoms with Crippen LogP contribution < -0.4 is 10.2 Å². The Labute approximate surface area is 183 Å². The second-order valence-corrected chi connectivity index (χ2v) is 8.59. The first-order chi connectivity index (χ1) is 15.1. The molecule has 8 heteroatoms. The second-order valence-electron chi connectivity index (χ2n) is 8.59. The quantitative estimate of drug-likeness (QED) is 0.241. The van der Waals surface area contributed by atoms with E-state index in [1.807, 2.05) is 0 Å². The van der Waals surface area contributed by atoms with Gasteiger partial charge in [0.2, 0.25) is 5.91 Å². The SMILES string of the molecule is O=Cc1ccc(OCCCCCCC(=O)NN2CCCC3CCCCC32)cc1[N+](=O)[O-]. The molecule has 31 heavy (non-hydrogen) atoms. The smallest absolute Gasteiger partial charge is 0.283 e. The molecule has 2 fully saturated rings. The molecule has 1 saturated carbocycles. The van der Waals surface area contributed by atoms with E-state index in [0.717, 1.165) is 38.1 Å². The maximum atomic E-state index is 12.3. The second kappa shape index (κ2) is 11.8. The molecular weight excluding hydrogens is 398 g/mol. The van der Waals surface area contributed by atoms with Crippen LogP contribution in [-0.2, 0) is 4.79 Å². The molecule has 1 aliphatic heterocycles. The van der Waals surface area contributed by atoms with Gasteiger partial charge in [-0.2, -0.15) is 0 Å². The lowest BCUT2D eigenvalue weighted by atomic mass is 9.79. The first kappa shape index (κ1) is 23.2. The van der Waals surface area contributed by atoms with Crippen LogP contribution in [0.25, 0.3) is 0 Å². The van der Waals surface area contributed by atoms with E-state index >= 15 is 0 Å². The van der Waals surface area contributed by atoms with E-state index in [1.165, 1.54) is 50.7 Å². The van der Waals surface area contributed by atoms with Crippen molar-refractivity contribution in [2.75, 3.05) is 13.2 Å². The van der Waals surface area contributed by atoms with Gasteiger partial charge in [0.25, 0.3) is 5.69 Å². The van der Waals surface area contributed by atoms with Crippen molar-refractivity contribution in [3.63, 3.8) is 0 Å². The topological polar surface area (TPSA) is 102 Å². The minimum Gasteiger partial charge on any atom is -0.493 e. The van der Waals surface area contributed by atoms with Gasteiger partial charge >= 0.3 is 0 Å². The van der Waals surface area contributed by atoms with E-state index in [9.17, 15) is 19.7 Å². The zero-order valence-electron chi connectivity index (χ0n) is 18.1. The normalized spacial score (nSPS) is 21.2. The number of nitro groups is 1. The van der Waals surface area contributed by atoms with Crippen LogP contribution in [0, 0.1) is 16.0 Å². The number of carbonyl (C=O) groups excluding carboxylic acids is 2. The predicted molar refractivity (Wildman–Crippen MR) is 117 cm³/mol. The highest BCUT2D eigenvalue weighted by Gasteiger charge is 2.33. The maximum Gasteiger partial charge on any atom is 0.283 e. The number of amides is 1. The number of hydrazine groups is 1. The Morgan fingerprint density at radius 2 is 1.94 bits per heavy atom. The average Bonchev–Trinajstić information content (AvgIpc) is 2.78. The number of aldehydes is 1. The van der Waals surface area contributed by atoms with Crippen LogP contribution in [0.4, 0.5) is 5.69 Å². The summed E-state index contributed by atoms with van der Waals surface area (Å²) >= 11 is 0. The molecular formula is C23H33N3O5. The number of hydrogen-bond donors (Lipinski definition) is 1. The van der Waals surface area contributed by atoms with Crippen molar-refractivity contribution in [1.82, 2.24) is 10.4 Å². The van der Waals surface area contributed by atoms with Gasteiger partial charge in [-0.25, -0.2) is 5.01 Å². The molecule has 0 spiro atoms. The zero-order chi connectivity index (χ0) is 22.1. The summed E-state index contributed by atoms with van der Waals surface area (Å²) in [6.07, 6.45) is 12.1. The first-order valence-corrected chi connectivity index (χ1v) is 11.5. The Kier molecular flexibility index (Phi) is 8.82. The molecule has 2 unspecified atom stereocenters. The number of rotatable bonds is 11. The van der Waals surface area contributed by atoms with Crippen molar-refractivity contribution in [2.24, 2.45) is 5.92 Å². The van der Waals surface area contributed by atoms with E-state index in [1.54, 1.807) is 6.07 Å². The summed E-state index contributed by atoms with van der Waals surface area (Å²) in [5, 5.41) is 13.2. The summed E-state index contributed by atoms with van der Waals surface area (Å²) in [7, 11) is 0. The molecule has 3 rings (SSSR count). The van der Waals surface area contributed by atoms with Gasteiger partial charge in [-0.1, -0.05) is 25.7 Å². The highest BCUT2D eigenvalue weighted by molar-refractivity contribution is 5.81. The molecule has 8 nitrogen and oxygen atoms in total. The Bertz CT molecular complexity index is 768. The van der Waals surface area contributed by atoms with Gasteiger partial charge in [0.05, 0.1) is 23.2 Å². The van der Waals surface area contributed by atoms with Gasteiger partial charge in [0.1, 0.15) is 5.75 Å². The number of piperidine rings is 1. The van der Waals surface area contributed by atoms with E-state index in [0.29, 0.717) is 31.1 Å². The minimum atomic E-state index is -0.583. The molecule has 2 atom stereocenters. The van der Waals surface area contributed by atoms with Crippen LogP contribution in [0.1, 0.15) is 81.0 Å². The molecule has 1 N–H and O–H groups in total. The summed E-state index contributed by atoms with van der Waals surface area (Å²) in [6.45, 7) is 1.41. The molecule has 0 radical (unpaired) electrons. The molecule has 1 heterocycles. The summed E-state index contributed by atoms with van der Waals surface area (Å²) in [5.74, 6) is 1.25. The molecule has 1 amide bonds. The summed E-state index contributed by atoms with van der Waals surface area (Å²) in [6, 6.07) is 4.78. The van der Waals surface area contributed by atoms with Crippen LogP contribution in [0.2, 0.25) is 0 Å². The van der Waals surface area contributed by atoms with Crippen LogP contribution in [-0.4, -0.2) is 41.3 Å². The van der Waals surface area contributed by atoms with Crippen molar-refractivity contribution in [3.8, 4) is 5.75 Å².